The van der Waals surface area contributed by atoms with Crippen molar-refractivity contribution in [2.75, 3.05) is 5.32 Å². The highest BCUT2D eigenvalue weighted by molar-refractivity contribution is 7.22. The van der Waals surface area contributed by atoms with E-state index in [1.807, 2.05) is 19.1 Å². The molecule has 1 aliphatic carbocycles. The number of thiazole rings is 1. The third-order valence-electron chi connectivity index (χ3n) is 4.92. The van der Waals surface area contributed by atoms with Gasteiger partial charge in [0.15, 0.2) is 10.8 Å². The molecule has 9 heteroatoms. The van der Waals surface area contributed by atoms with E-state index in [0.717, 1.165) is 39.9 Å². The first-order valence-electron chi connectivity index (χ1n) is 9.10. The molecule has 0 aliphatic heterocycles. The molecule has 1 saturated carbocycles. The Balaban J connectivity index is 1.64. The number of hydrogen-bond donors (Lipinski definition) is 2. The van der Waals surface area contributed by atoms with Crippen LogP contribution in [-0.4, -0.2) is 35.6 Å². The van der Waals surface area contributed by atoms with Gasteiger partial charge >= 0.3 is 0 Å². The Morgan fingerprint density at radius 2 is 2.14 bits per heavy atom. The van der Waals surface area contributed by atoms with E-state index in [1.165, 1.54) is 17.7 Å². The van der Waals surface area contributed by atoms with E-state index in [4.69, 9.17) is 0 Å². The number of carbonyl (C=O) groups excluding carboxylic acids is 1. The molecule has 4 aromatic rings. The second kappa shape index (κ2) is 6.32. The lowest BCUT2D eigenvalue weighted by Crippen LogP contribution is -2.12. The van der Waals surface area contributed by atoms with Crippen LogP contribution < -0.4 is 5.32 Å². The Bertz CT molecular complexity index is 1220. The molecule has 142 valence electrons. The molecule has 4 heterocycles. The van der Waals surface area contributed by atoms with Gasteiger partial charge in [-0.1, -0.05) is 11.3 Å². The molecule has 5 rings (SSSR count). The summed E-state index contributed by atoms with van der Waals surface area (Å²) in [6.07, 6.45) is 4.52. The van der Waals surface area contributed by atoms with Crippen LogP contribution in [-0.2, 0) is 4.79 Å². The number of aryl methyl sites for hydroxylation is 1. The maximum absolute atomic E-state index is 12.1. The number of carbonyl (C=O) groups is 1. The Morgan fingerprint density at radius 1 is 1.32 bits per heavy atom. The van der Waals surface area contributed by atoms with Crippen LogP contribution in [0.25, 0.3) is 27.1 Å². The summed E-state index contributed by atoms with van der Waals surface area (Å²) in [4.78, 5) is 26.3. The van der Waals surface area contributed by atoms with E-state index in [9.17, 15) is 9.90 Å². The van der Waals surface area contributed by atoms with Crippen molar-refractivity contribution in [2.24, 2.45) is 5.92 Å². The van der Waals surface area contributed by atoms with E-state index in [0.29, 0.717) is 16.5 Å². The van der Waals surface area contributed by atoms with Crippen molar-refractivity contribution in [3.63, 3.8) is 0 Å². The van der Waals surface area contributed by atoms with Gasteiger partial charge in [0.05, 0.1) is 11.8 Å². The minimum atomic E-state index is -0.625. The number of rotatable bonds is 4. The Hall–Kier alpha value is -2.91. The molecular formula is C19H18N6O2S. The zero-order valence-electron chi connectivity index (χ0n) is 15.4. The summed E-state index contributed by atoms with van der Waals surface area (Å²) in [7, 11) is 0. The number of anilines is 1. The summed E-state index contributed by atoms with van der Waals surface area (Å²) in [6, 6.07) is 3.83. The maximum atomic E-state index is 12.1. The Kier molecular flexibility index (Phi) is 3.88. The summed E-state index contributed by atoms with van der Waals surface area (Å²) >= 11 is 1.39. The molecule has 28 heavy (non-hydrogen) atoms. The zero-order chi connectivity index (χ0) is 19.4. The van der Waals surface area contributed by atoms with Crippen LogP contribution in [0.4, 0.5) is 5.13 Å². The van der Waals surface area contributed by atoms with E-state index in [1.54, 1.807) is 17.6 Å². The number of amides is 1. The summed E-state index contributed by atoms with van der Waals surface area (Å²) in [6.45, 7) is 3.67. The van der Waals surface area contributed by atoms with Crippen LogP contribution in [0.3, 0.4) is 0 Å². The molecule has 0 radical (unpaired) electrons. The number of nitrogens with one attached hydrogen (secondary N) is 1. The molecule has 1 atom stereocenters. The number of pyridine rings is 2. The van der Waals surface area contributed by atoms with Crippen molar-refractivity contribution in [3.05, 3.63) is 35.9 Å². The molecule has 8 nitrogen and oxygen atoms in total. The first-order valence-corrected chi connectivity index (χ1v) is 9.92. The average Bonchev–Trinajstić information content (AvgIpc) is 3.26. The SMILES string of the molecule is Cc1cc([C@@H](C)O)ncc1-c1cc2nc(NC(=O)C3CC3)sc2n2ncnc12. The maximum Gasteiger partial charge on any atom is 0.229 e. The van der Waals surface area contributed by atoms with Crippen LogP contribution in [0, 0.1) is 12.8 Å². The summed E-state index contributed by atoms with van der Waals surface area (Å²) in [5.41, 5.74) is 4.80. The number of nitrogens with zero attached hydrogens (tertiary/aromatic N) is 5. The third-order valence-corrected chi connectivity index (χ3v) is 5.89. The second-order valence-corrected chi connectivity index (χ2v) is 8.10. The van der Waals surface area contributed by atoms with Gasteiger partial charge < -0.3 is 10.4 Å². The monoisotopic (exact) mass is 394 g/mol. The van der Waals surface area contributed by atoms with Gasteiger partial charge in [-0.25, -0.2) is 14.5 Å². The quantitative estimate of drug-likeness (QED) is 0.551. The van der Waals surface area contributed by atoms with Crippen LogP contribution >= 0.6 is 11.3 Å². The average molecular weight is 394 g/mol. The number of aliphatic hydroxyl groups is 1. The fourth-order valence-electron chi connectivity index (χ4n) is 3.24. The van der Waals surface area contributed by atoms with Gasteiger partial charge in [0.2, 0.25) is 5.91 Å². The van der Waals surface area contributed by atoms with Crippen molar-refractivity contribution in [1.82, 2.24) is 24.6 Å². The van der Waals surface area contributed by atoms with Gasteiger partial charge in [-0.05, 0) is 44.4 Å². The molecule has 0 saturated heterocycles. The fraction of sp³-hybridized carbons (Fsp3) is 0.316. The van der Waals surface area contributed by atoms with Crippen molar-refractivity contribution in [1.29, 1.82) is 0 Å². The van der Waals surface area contributed by atoms with Gasteiger partial charge in [0.25, 0.3) is 0 Å². The predicted molar refractivity (Wildman–Crippen MR) is 106 cm³/mol. The molecule has 0 bridgehead atoms. The van der Waals surface area contributed by atoms with Gasteiger partial charge in [-0.3, -0.25) is 9.78 Å². The molecular weight excluding hydrogens is 376 g/mol. The highest BCUT2D eigenvalue weighted by atomic mass is 32.1. The highest BCUT2D eigenvalue weighted by Crippen LogP contribution is 2.35. The van der Waals surface area contributed by atoms with Gasteiger partial charge in [-0.2, -0.15) is 5.10 Å². The molecule has 1 amide bonds. The van der Waals surface area contributed by atoms with Crippen LogP contribution in [0.2, 0.25) is 0 Å². The lowest BCUT2D eigenvalue weighted by atomic mass is 10.0. The summed E-state index contributed by atoms with van der Waals surface area (Å²) in [5, 5.41) is 17.6. The van der Waals surface area contributed by atoms with Crippen molar-refractivity contribution in [2.45, 2.75) is 32.8 Å². The summed E-state index contributed by atoms with van der Waals surface area (Å²) < 4.78 is 1.75. The first-order chi connectivity index (χ1) is 13.5. The van der Waals surface area contributed by atoms with E-state index >= 15 is 0 Å². The van der Waals surface area contributed by atoms with E-state index in [2.05, 4.69) is 25.4 Å². The number of aromatic nitrogens is 5. The zero-order valence-corrected chi connectivity index (χ0v) is 16.2. The molecule has 0 spiro atoms. The van der Waals surface area contributed by atoms with Gasteiger partial charge in [0.1, 0.15) is 16.7 Å². The lowest BCUT2D eigenvalue weighted by Gasteiger charge is -2.10. The minimum Gasteiger partial charge on any atom is -0.387 e. The van der Waals surface area contributed by atoms with Crippen molar-refractivity contribution >= 4 is 38.4 Å². The van der Waals surface area contributed by atoms with Gasteiger partial charge in [-0.15, -0.1) is 0 Å². The molecule has 4 aromatic heterocycles. The topological polar surface area (TPSA) is 105 Å². The van der Waals surface area contributed by atoms with Crippen molar-refractivity contribution in [3.8, 4) is 11.1 Å². The molecule has 1 fully saturated rings. The van der Waals surface area contributed by atoms with Crippen LogP contribution in [0.15, 0.2) is 24.7 Å². The standard InChI is InChI=1S/C19H18N6O2S/c1-9-5-14(10(2)26)20-7-13(9)12-6-15-18(25-16(12)21-8-22-25)28-19(23-15)24-17(27)11-3-4-11/h5-8,10-11,26H,3-4H2,1-2H3,(H,23,24,27)/t10-/m1/s1. The number of hydrogen-bond acceptors (Lipinski definition) is 7. The summed E-state index contributed by atoms with van der Waals surface area (Å²) in [5.74, 6) is 0.151. The van der Waals surface area contributed by atoms with Crippen molar-refractivity contribution < 1.29 is 9.90 Å². The van der Waals surface area contributed by atoms with E-state index < -0.39 is 6.10 Å². The normalized spacial score (nSPS) is 15.2. The predicted octanol–water partition coefficient (Wildman–Crippen LogP) is 3.11. The molecule has 0 unspecified atom stereocenters. The fourth-order valence-corrected chi connectivity index (χ4v) is 4.15. The van der Waals surface area contributed by atoms with Gasteiger partial charge in [0, 0.05) is 23.2 Å². The molecule has 0 aromatic carbocycles. The molecule has 1 aliphatic rings. The van der Waals surface area contributed by atoms with Crippen LogP contribution in [0.1, 0.15) is 37.1 Å². The Morgan fingerprint density at radius 3 is 2.86 bits per heavy atom. The van der Waals surface area contributed by atoms with E-state index in [-0.39, 0.29) is 11.8 Å². The third kappa shape index (κ3) is 2.83. The minimum absolute atomic E-state index is 0.0304. The molecule has 2 N–H and O–H groups in total. The number of aliphatic hydroxyl groups excluding tert-OH is 1. The number of fused-ring (bicyclic) bond motifs is 3. The second-order valence-electron chi connectivity index (χ2n) is 7.13. The highest BCUT2D eigenvalue weighted by Gasteiger charge is 2.30. The van der Waals surface area contributed by atoms with Crippen LogP contribution in [0.5, 0.6) is 0 Å². The Labute approximate surface area is 164 Å². The smallest absolute Gasteiger partial charge is 0.229 e. The lowest BCUT2D eigenvalue weighted by molar-refractivity contribution is -0.117. The first kappa shape index (κ1) is 17.2. The largest absolute Gasteiger partial charge is 0.387 e.